The minimum Gasteiger partial charge on any atom is -0.387 e. The van der Waals surface area contributed by atoms with E-state index in [9.17, 15) is 5.11 Å². The van der Waals surface area contributed by atoms with Crippen LogP contribution in [0.15, 0.2) is 24.3 Å². The van der Waals surface area contributed by atoms with Crippen molar-refractivity contribution in [3.63, 3.8) is 0 Å². The Bertz CT molecular complexity index is 555. The maximum Gasteiger partial charge on any atom is 0.0940 e. The number of H-pyrrole nitrogens is 1. The van der Waals surface area contributed by atoms with Crippen LogP contribution in [0, 0.1) is 6.92 Å². The number of rotatable bonds is 3. The Labute approximate surface area is 114 Å². The fraction of sp³-hybridized carbons (Fsp3) is 0.500. The molecule has 2 heterocycles. The maximum atomic E-state index is 10.6. The van der Waals surface area contributed by atoms with Crippen LogP contribution in [0.5, 0.6) is 0 Å². The summed E-state index contributed by atoms with van der Waals surface area (Å²) in [6, 6.07) is 8.22. The number of aromatic amines is 1. The zero-order valence-electron chi connectivity index (χ0n) is 11.5. The molecule has 102 valence electrons. The molecule has 1 aliphatic rings. The Kier molecular flexibility index (Phi) is 3.58. The van der Waals surface area contributed by atoms with Crippen molar-refractivity contribution in [2.75, 3.05) is 19.6 Å². The first kappa shape index (κ1) is 12.7. The lowest BCUT2D eigenvalue weighted by molar-refractivity contribution is 0.102. The number of aliphatic hydroxyl groups excluding tert-OH is 1. The number of benzene rings is 1. The summed E-state index contributed by atoms with van der Waals surface area (Å²) in [5.41, 5.74) is 3.28. The van der Waals surface area contributed by atoms with Crippen molar-refractivity contribution in [2.45, 2.75) is 32.3 Å². The Balaban J connectivity index is 1.84. The van der Waals surface area contributed by atoms with Gasteiger partial charge in [-0.25, -0.2) is 0 Å². The fourth-order valence-electron chi connectivity index (χ4n) is 3.21. The van der Waals surface area contributed by atoms with Gasteiger partial charge in [0.2, 0.25) is 0 Å². The lowest BCUT2D eigenvalue weighted by atomic mass is 10.0. The Morgan fingerprint density at radius 2 is 1.95 bits per heavy atom. The molecule has 1 aromatic heterocycles. The summed E-state index contributed by atoms with van der Waals surface area (Å²) in [7, 11) is 0. The van der Waals surface area contributed by atoms with Gasteiger partial charge in [0.15, 0.2) is 0 Å². The van der Waals surface area contributed by atoms with Crippen molar-refractivity contribution in [2.24, 2.45) is 0 Å². The minimum atomic E-state index is -0.394. The number of piperidine rings is 1. The first-order chi connectivity index (χ1) is 9.25. The van der Waals surface area contributed by atoms with Crippen LogP contribution in [0.25, 0.3) is 10.9 Å². The largest absolute Gasteiger partial charge is 0.387 e. The van der Waals surface area contributed by atoms with Crippen LogP contribution in [-0.4, -0.2) is 34.6 Å². The zero-order chi connectivity index (χ0) is 13.2. The van der Waals surface area contributed by atoms with Crippen LogP contribution >= 0.6 is 0 Å². The normalized spacial score (nSPS) is 18.8. The van der Waals surface area contributed by atoms with Gasteiger partial charge in [0.05, 0.1) is 6.10 Å². The molecule has 1 aliphatic heterocycles. The average molecular weight is 258 g/mol. The summed E-state index contributed by atoms with van der Waals surface area (Å²) in [6.07, 6.45) is 3.46. The summed E-state index contributed by atoms with van der Waals surface area (Å²) in [4.78, 5) is 5.75. The van der Waals surface area contributed by atoms with Crippen molar-refractivity contribution in [3.8, 4) is 0 Å². The number of nitrogens with one attached hydrogen (secondary N) is 1. The highest BCUT2D eigenvalue weighted by molar-refractivity contribution is 5.84. The predicted octanol–water partition coefficient (Wildman–Crippen LogP) is 3.00. The molecule has 19 heavy (non-hydrogen) atoms. The van der Waals surface area contributed by atoms with E-state index in [-0.39, 0.29) is 0 Å². The summed E-state index contributed by atoms with van der Waals surface area (Å²) in [5, 5.41) is 11.7. The molecule has 0 spiro atoms. The van der Waals surface area contributed by atoms with Gasteiger partial charge in [-0.3, -0.25) is 0 Å². The van der Waals surface area contributed by atoms with E-state index < -0.39 is 6.10 Å². The highest BCUT2D eigenvalue weighted by atomic mass is 16.3. The van der Waals surface area contributed by atoms with Crippen LogP contribution in [0.2, 0.25) is 0 Å². The lowest BCUT2D eigenvalue weighted by Gasteiger charge is -2.28. The first-order valence-corrected chi connectivity index (χ1v) is 7.23. The van der Waals surface area contributed by atoms with E-state index >= 15 is 0 Å². The van der Waals surface area contributed by atoms with E-state index in [1.165, 1.54) is 19.3 Å². The number of fused-ring (bicyclic) bond motifs is 1. The molecule has 2 N–H and O–H groups in total. The Morgan fingerprint density at radius 1 is 1.21 bits per heavy atom. The SMILES string of the molecule is Cc1[nH]c2ccccc2c1[C@@H](O)CN1CCCCC1. The quantitative estimate of drug-likeness (QED) is 0.888. The smallest absolute Gasteiger partial charge is 0.0940 e. The number of β-amino-alcohol motifs (C(OH)–C–C–N with tert-alkyl or cyclic N) is 1. The van der Waals surface area contributed by atoms with E-state index in [1.807, 2.05) is 12.1 Å². The van der Waals surface area contributed by atoms with E-state index in [1.54, 1.807) is 0 Å². The van der Waals surface area contributed by atoms with Crippen molar-refractivity contribution >= 4 is 10.9 Å². The number of nitrogens with zero attached hydrogens (tertiary/aromatic N) is 1. The van der Waals surface area contributed by atoms with Gasteiger partial charge < -0.3 is 15.0 Å². The molecule has 0 unspecified atom stereocenters. The minimum absolute atomic E-state index is 0.394. The van der Waals surface area contributed by atoms with Gasteiger partial charge in [0.1, 0.15) is 0 Å². The molecule has 3 nitrogen and oxygen atoms in total. The molecule has 0 saturated carbocycles. The van der Waals surface area contributed by atoms with Crippen molar-refractivity contribution in [3.05, 3.63) is 35.5 Å². The highest BCUT2D eigenvalue weighted by Crippen LogP contribution is 2.28. The summed E-state index contributed by atoms with van der Waals surface area (Å²) in [6.45, 7) is 5.05. The second-order valence-electron chi connectivity index (χ2n) is 5.59. The standard InChI is InChI=1S/C16H22N2O/c1-12-16(13-7-3-4-8-14(13)17-12)15(19)11-18-9-5-2-6-10-18/h3-4,7-8,15,17,19H,2,5-6,9-11H2,1H3/t15-/m0/s1. The average Bonchev–Trinajstić information content (AvgIpc) is 2.75. The highest BCUT2D eigenvalue weighted by Gasteiger charge is 2.20. The molecular weight excluding hydrogens is 236 g/mol. The van der Waals surface area contributed by atoms with Gasteiger partial charge in [0, 0.05) is 28.7 Å². The monoisotopic (exact) mass is 258 g/mol. The van der Waals surface area contributed by atoms with Crippen LogP contribution < -0.4 is 0 Å². The molecule has 0 amide bonds. The number of para-hydroxylation sites is 1. The number of likely N-dealkylation sites (tertiary alicyclic amines) is 1. The topological polar surface area (TPSA) is 39.3 Å². The molecule has 1 atom stereocenters. The summed E-state index contributed by atoms with van der Waals surface area (Å²) < 4.78 is 0. The number of hydrogen-bond donors (Lipinski definition) is 2. The number of hydrogen-bond acceptors (Lipinski definition) is 2. The first-order valence-electron chi connectivity index (χ1n) is 7.23. The molecular formula is C16H22N2O. The molecule has 3 heteroatoms. The number of aryl methyl sites for hydroxylation is 1. The van der Waals surface area contributed by atoms with E-state index in [0.717, 1.165) is 41.8 Å². The Morgan fingerprint density at radius 3 is 2.74 bits per heavy atom. The second kappa shape index (κ2) is 5.35. The molecule has 1 fully saturated rings. The Hall–Kier alpha value is -1.32. The van der Waals surface area contributed by atoms with Crippen LogP contribution in [-0.2, 0) is 0 Å². The van der Waals surface area contributed by atoms with Gasteiger partial charge in [-0.15, -0.1) is 0 Å². The summed E-state index contributed by atoms with van der Waals surface area (Å²) in [5.74, 6) is 0. The maximum absolute atomic E-state index is 10.6. The van der Waals surface area contributed by atoms with Crippen LogP contribution in [0.4, 0.5) is 0 Å². The number of aliphatic hydroxyl groups is 1. The molecule has 0 aliphatic carbocycles. The van der Waals surface area contributed by atoms with E-state index in [0.29, 0.717) is 0 Å². The van der Waals surface area contributed by atoms with Crippen molar-refractivity contribution in [1.82, 2.24) is 9.88 Å². The molecule has 0 bridgehead atoms. The number of aromatic nitrogens is 1. The van der Waals surface area contributed by atoms with Crippen LogP contribution in [0.1, 0.15) is 36.6 Å². The second-order valence-corrected chi connectivity index (χ2v) is 5.59. The molecule has 1 aromatic carbocycles. The van der Waals surface area contributed by atoms with Gasteiger partial charge >= 0.3 is 0 Å². The van der Waals surface area contributed by atoms with E-state index in [4.69, 9.17) is 0 Å². The van der Waals surface area contributed by atoms with Crippen molar-refractivity contribution < 1.29 is 5.11 Å². The van der Waals surface area contributed by atoms with Crippen molar-refractivity contribution in [1.29, 1.82) is 0 Å². The third-order valence-electron chi connectivity index (χ3n) is 4.16. The molecule has 3 rings (SSSR count). The lowest BCUT2D eigenvalue weighted by Crippen LogP contribution is -2.33. The molecule has 2 aromatic rings. The molecule has 1 saturated heterocycles. The third-order valence-corrected chi connectivity index (χ3v) is 4.16. The van der Waals surface area contributed by atoms with Gasteiger partial charge in [-0.1, -0.05) is 24.6 Å². The zero-order valence-corrected chi connectivity index (χ0v) is 11.5. The van der Waals surface area contributed by atoms with Gasteiger partial charge in [0.25, 0.3) is 0 Å². The van der Waals surface area contributed by atoms with Crippen LogP contribution in [0.3, 0.4) is 0 Å². The predicted molar refractivity (Wildman–Crippen MR) is 78.3 cm³/mol. The van der Waals surface area contributed by atoms with Gasteiger partial charge in [-0.2, -0.15) is 0 Å². The van der Waals surface area contributed by atoms with E-state index in [2.05, 4.69) is 28.9 Å². The summed E-state index contributed by atoms with van der Waals surface area (Å²) >= 11 is 0. The third kappa shape index (κ3) is 2.53. The van der Waals surface area contributed by atoms with Gasteiger partial charge in [-0.05, 0) is 38.9 Å². The fourth-order valence-corrected chi connectivity index (χ4v) is 3.21. The molecule has 0 radical (unpaired) electrons.